The SMILES string of the molecule is CC/C=C/CCCCCCCCCC1CC(=O)OC1=O. The number of rotatable bonds is 11. The van der Waals surface area contributed by atoms with E-state index in [2.05, 4.69) is 23.8 Å². The van der Waals surface area contributed by atoms with Gasteiger partial charge in [0.25, 0.3) is 0 Å². The first-order valence-corrected chi connectivity index (χ1v) is 8.13. The monoisotopic (exact) mass is 280 g/mol. The minimum absolute atomic E-state index is 0.159. The van der Waals surface area contributed by atoms with E-state index in [0.717, 1.165) is 25.7 Å². The lowest BCUT2D eigenvalue weighted by molar-refractivity contribution is -0.153. The number of carbonyl (C=O) groups is 2. The molecule has 0 N–H and O–H groups in total. The Bertz CT molecular complexity index is 320. The molecule has 0 spiro atoms. The van der Waals surface area contributed by atoms with Crippen molar-refractivity contribution in [3.05, 3.63) is 12.2 Å². The highest BCUT2D eigenvalue weighted by atomic mass is 16.6. The van der Waals surface area contributed by atoms with Crippen LogP contribution in [0.25, 0.3) is 0 Å². The smallest absolute Gasteiger partial charge is 0.317 e. The molecule has 1 rings (SSSR count). The second-order valence-electron chi connectivity index (χ2n) is 5.63. The summed E-state index contributed by atoms with van der Waals surface area (Å²) < 4.78 is 4.54. The molecule has 1 atom stereocenters. The first-order chi connectivity index (χ1) is 9.74. The van der Waals surface area contributed by atoms with Crippen LogP contribution in [0, 0.1) is 5.92 Å². The van der Waals surface area contributed by atoms with E-state index in [1.54, 1.807) is 0 Å². The third-order valence-electron chi connectivity index (χ3n) is 3.79. The molecule has 3 heteroatoms. The normalized spacial score (nSPS) is 18.9. The molecule has 3 nitrogen and oxygen atoms in total. The van der Waals surface area contributed by atoms with Crippen molar-refractivity contribution in [1.82, 2.24) is 0 Å². The maximum atomic E-state index is 11.2. The minimum atomic E-state index is -0.350. The number of esters is 2. The molecule has 0 amide bonds. The second-order valence-corrected chi connectivity index (χ2v) is 5.63. The van der Waals surface area contributed by atoms with Crippen LogP contribution in [0.15, 0.2) is 12.2 Å². The molecule has 0 saturated carbocycles. The van der Waals surface area contributed by atoms with Crippen molar-refractivity contribution in [2.75, 3.05) is 0 Å². The number of cyclic esters (lactones) is 2. The number of allylic oxidation sites excluding steroid dienone is 2. The van der Waals surface area contributed by atoms with Gasteiger partial charge in [0.15, 0.2) is 0 Å². The van der Waals surface area contributed by atoms with Gasteiger partial charge in [0, 0.05) is 0 Å². The molecule has 0 aliphatic carbocycles. The molecular weight excluding hydrogens is 252 g/mol. The van der Waals surface area contributed by atoms with Crippen LogP contribution in [0.5, 0.6) is 0 Å². The van der Waals surface area contributed by atoms with E-state index in [0.29, 0.717) is 6.42 Å². The van der Waals surface area contributed by atoms with Crippen LogP contribution in [0.2, 0.25) is 0 Å². The molecule has 0 aromatic rings. The summed E-state index contributed by atoms with van der Waals surface area (Å²) >= 11 is 0. The van der Waals surface area contributed by atoms with Gasteiger partial charge in [0.2, 0.25) is 0 Å². The Labute approximate surface area is 122 Å². The maximum Gasteiger partial charge on any atom is 0.317 e. The number of hydrogen-bond donors (Lipinski definition) is 0. The Morgan fingerprint density at radius 1 is 1.00 bits per heavy atom. The molecule has 0 aromatic carbocycles. The average molecular weight is 280 g/mol. The zero-order valence-electron chi connectivity index (χ0n) is 12.7. The predicted molar refractivity (Wildman–Crippen MR) is 80.2 cm³/mol. The van der Waals surface area contributed by atoms with Gasteiger partial charge in [-0.2, -0.15) is 0 Å². The fourth-order valence-electron chi connectivity index (χ4n) is 2.56. The van der Waals surface area contributed by atoms with Gasteiger partial charge in [0.05, 0.1) is 12.3 Å². The van der Waals surface area contributed by atoms with Crippen LogP contribution in [0.4, 0.5) is 0 Å². The van der Waals surface area contributed by atoms with Gasteiger partial charge in [-0.3, -0.25) is 9.59 Å². The molecule has 114 valence electrons. The molecule has 1 heterocycles. The van der Waals surface area contributed by atoms with E-state index in [1.165, 1.54) is 38.5 Å². The molecule has 20 heavy (non-hydrogen) atoms. The maximum absolute atomic E-state index is 11.2. The van der Waals surface area contributed by atoms with Crippen molar-refractivity contribution in [2.24, 2.45) is 5.92 Å². The summed E-state index contributed by atoms with van der Waals surface area (Å²) in [7, 11) is 0. The lowest BCUT2D eigenvalue weighted by atomic mass is 9.99. The van der Waals surface area contributed by atoms with Crippen molar-refractivity contribution in [1.29, 1.82) is 0 Å². The molecule has 1 saturated heterocycles. The summed E-state index contributed by atoms with van der Waals surface area (Å²) in [5.74, 6) is -0.819. The zero-order valence-corrected chi connectivity index (χ0v) is 12.7. The van der Waals surface area contributed by atoms with Gasteiger partial charge >= 0.3 is 11.9 Å². The topological polar surface area (TPSA) is 43.4 Å². The van der Waals surface area contributed by atoms with Gasteiger partial charge in [-0.15, -0.1) is 0 Å². The third-order valence-corrected chi connectivity index (χ3v) is 3.79. The zero-order chi connectivity index (χ0) is 14.6. The van der Waals surface area contributed by atoms with Gasteiger partial charge < -0.3 is 4.74 Å². The highest BCUT2D eigenvalue weighted by molar-refractivity contribution is 5.94. The number of hydrogen-bond acceptors (Lipinski definition) is 3. The quantitative estimate of drug-likeness (QED) is 0.241. The van der Waals surface area contributed by atoms with Crippen LogP contribution in [-0.2, 0) is 14.3 Å². The largest absolute Gasteiger partial charge is 0.393 e. The first-order valence-electron chi connectivity index (χ1n) is 8.13. The van der Waals surface area contributed by atoms with Gasteiger partial charge in [0.1, 0.15) is 0 Å². The van der Waals surface area contributed by atoms with E-state index in [-0.39, 0.29) is 17.9 Å². The number of unbranched alkanes of at least 4 members (excludes halogenated alkanes) is 7. The van der Waals surface area contributed by atoms with Gasteiger partial charge in [-0.25, -0.2) is 0 Å². The Morgan fingerprint density at radius 2 is 1.65 bits per heavy atom. The molecule has 0 bridgehead atoms. The van der Waals surface area contributed by atoms with E-state index >= 15 is 0 Å². The van der Waals surface area contributed by atoms with Crippen LogP contribution in [-0.4, -0.2) is 11.9 Å². The predicted octanol–water partition coefficient (Wildman–Crippen LogP) is 4.55. The molecule has 1 aliphatic heterocycles. The molecule has 1 aliphatic rings. The standard InChI is InChI=1S/C17H28O3/c1-2-3-4-5-6-7-8-9-10-11-12-13-15-14-16(18)20-17(15)19/h3-4,15H,2,5-14H2,1H3/b4-3+. The molecular formula is C17H28O3. The summed E-state index contributed by atoms with van der Waals surface area (Å²) in [6.07, 6.45) is 16.6. The Morgan fingerprint density at radius 3 is 2.25 bits per heavy atom. The highest BCUT2D eigenvalue weighted by Gasteiger charge is 2.32. The summed E-state index contributed by atoms with van der Waals surface area (Å²) in [6.45, 7) is 2.16. The summed E-state index contributed by atoms with van der Waals surface area (Å²) in [4.78, 5) is 22.2. The van der Waals surface area contributed by atoms with Crippen LogP contribution in [0.1, 0.15) is 77.6 Å². The van der Waals surface area contributed by atoms with Gasteiger partial charge in [-0.1, -0.05) is 57.6 Å². The lowest BCUT2D eigenvalue weighted by Gasteiger charge is -2.04. The van der Waals surface area contributed by atoms with Crippen LogP contribution in [0.3, 0.4) is 0 Å². The van der Waals surface area contributed by atoms with Gasteiger partial charge in [-0.05, 0) is 25.7 Å². The molecule has 1 unspecified atom stereocenters. The Balaban J connectivity index is 1.84. The average Bonchev–Trinajstić information content (AvgIpc) is 2.74. The first kappa shape index (κ1) is 16.9. The Hall–Kier alpha value is -1.12. The third kappa shape index (κ3) is 7.46. The van der Waals surface area contributed by atoms with E-state index in [9.17, 15) is 9.59 Å². The van der Waals surface area contributed by atoms with Crippen LogP contribution >= 0.6 is 0 Å². The summed E-state index contributed by atoms with van der Waals surface area (Å²) in [5, 5.41) is 0. The van der Waals surface area contributed by atoms with E-state index in [1.807, 2.05) is 0 Å². The number of carbonyl (C=O) groups excluding carboxylic acids is 2. The number of ether oxygens (including phenoxy) is 1. The molecule has 0 aromatic heterocycles. The fraction of sp³-hybridized carbons (Fsp3) is 0.765. The van der Waals surface area contributed by atoms with E-state index in [4.69, 9.17) is 0 Å². The minimum Gasteiger partial charge on any atom is -0.393 e. The second kappa shape index (κ2) is 10.6. The fourth-order valence-corrected chi connectivity index (χ4v) is 2.56. The summed E-state index contributed by atoms with van der Waals surface area (Å²) in [6, 6.07) is 0. The van der Waals surface area contributed by atoms with Crippen molar-refractivity contribution in [2.45, 2.75) is 77.6 Å². The summed E-state index contributed by atoms with van der Waals surface area (Å²) in [5.41, 5.74) is 0. The van der Waals surface area contributed by atoms with Crippen molar-refractivity contribution >= 4 is 11.9 Å². The van der Waals surface area contributed by atoms with Crippen LogP contribution < -0.4 is 0 Å². The molecule has 0 radical (unpaired) electrons. The van der Waals surface area contributed by atoms with Crippen molar-refractivity contribution in [3.63, 3.8) is 0 Å². The van der Waals surface area contributed by atoms with Crippen molar-refractivity contribution < 1.29 is 14.3 Å². The van der Waals surface area contributed by atoms with E-state index < -0.39 is 0 Å². The van der Waals surface area contributed by atoms with Crippen molar-refractivity contribution in [3.8, 4) is 0 Å². The molecule has 1 fully saturated rings. The lowest BCUT2D eigenvalue weighted by Crippen LogP contribution is -2.06. The Kier molecular flexibility index (Phi) is 9.01. The highest BCUT2D eigenvalue weighted by Crippen LogP contribution is 2.22.